The molecule has 0 bridgehead atoms. The summed E-state index contributed by atoms with van der Waals surface area (Å²) in [7, 11) is 2.11. The zero-order chi connectivity index (χ0) is 43.4. The van der Waals surface area contributed by atoms with Crippen LogP contribution in [0, 0.1) is 17.8 Å². The topological polar surface area (TPSA) is 82.1 Å². The summed E-state index contributed by atoms with van der Waals surface area (Å²) in [6.07, 6.45) is 39.2. The Morgan fingerprint density at radius 1 is 0.390 bits per heavy atom. The van der Waals surface area contributed by atoms with E-state index in [1.165, 1.54) is 109 Å². The quantitative estimate of drug-likeness (QED) is 0.0343. The molecule has 0 aliphatic rings. The maximum absolute atomic E-state index is 13.1. The fourth-order valence-electron chi connectivity index (χ4n) is 8.31. The van der Waals surface area contributed by atoms with Gasteiger partial charge < -0.3 is 19.1 Å². The summed E-state index contributed by atoms with van der Waals surface area (Å²) in [5, 5.41) is 0. The summed E-state index contributed by atoms with van der Waals surface area (Å²) in [6, 6.07) is 0. The first-order chi connectivity index (χ1) is 28.8. The molecule has 0 heterocycles. The van der Waals surface area contributed by atoms with Gasteiger partial charge in [-0.3, -0.25) is 14.4 Å². The summed E-state index contributed by atoms with van der Waals surface area (Å²) in [5.41, 5.74) is 0. The average Bonchev–Trinajstić information content (AvgIpc) is 3.22. The van der Waals surface area contributed by atoms with E-state index >= 15 is 0 Å². The molecule has 0 aliphatic heterocycles. The first-order valence-electron chi connectivity index (χ1n) is 26.0. The second kappa shape index (κ2) is 44.4. The highest BCUT2D eigenvalue weighted by molar-refractivity contribution is 5.72. The zero-order valence-corrected chi connectivity index (χ0v) is 40.4. The maximum atomic E-state index is 13.1. The van der Waals surface area contributed by atoms with E-state index in [9.17, 15) is 14.4 Å². The van der Waals surface area contributed by atoms with Crippen LogP contribution in [0.4, 0.5) is 0 Å². The molecule has 350 valence electrons. The molecule has 0 aromatic heterocycles. The molecule has 0 fully saturated rings. The van der Waals surface area contributed by atoms with Gasteiger partial charge in [-0.1, -0.05) is 189 Å². The molecule has 7 heteroatoms. The van der Waals surface area contributed by atoms with E-state index in [0.29, 0.717) is 44.5 Å². The van der Waals surface area contributed by atoms with Crippen LogP contribution < -0.4 is 0 Å². The first-order valence-corrected chi connectivity index (χ1v) is 26.0. The van der Waals surface area contributed by atoms with Crippen LogP contribution in [-0.2, 0) is 28.6 Å². The molecule has 0 saturated carbocycles. The van der Waals surface area contributed by atoms with E-state index in [1.54, 1.807) is 0 Å². The third-order valence-electron chi connectivity index (χ3n) is 12.5. The maximum Gasteiger partial charge on any atom is 0.308 e. The minimum absolute atomic E-state index is 0.000984. The number of rotatable bonds is 46. The lowest BCUT2D eigenvalue weighted by Crippen LogP contribution is -2.23. The highest BCUT2D eigenvalue weighted by atomic mass is 16.5. The number of hydrogen-bond acceptors (Lipinski definition) is 7. The molecule has 0 radical (unpaired) electrons. The van der Waals surface area contributed by atoms with Crippen molar-refractivity contribution in [2.75, 3.05) is 40.0 Å². The highest BCUT2D eigenvalue weighted by Gasteiger charge is 2.20. The predicted octanol–water partition coefficient (Wildman–Crippen LogP) is 15.1. The van der Waals surface area contributed by atoms with Crippen molar-refractivity contribution in [1.29, 1.82) is 0 Å². The summed E-state index contributed by atoms with van der Waals surface area (Å²) in [6.45, 7) is 14.7. The van der Waals surface area contributed by atoms with Crippen LogP contribution in [0.25, 0.3) is 0 Å². The number of carbonyl (C=O) groups is 3. The molecule has 0 spiro atoms. The second-order valence-corrected chi connectivity index (χ2v) is 18.2. The van der Waals surface area contributed by atoms with Gasteiger partial charge in [-0.25, -0.2) is 0 Å². The Labute approximate surface area is 367 Å². The zero-order valence-electron chi connectivity index (χ0n) is 40.4. The first kappa shape index (κ1) is 57.4. The van der Waals surface area contributed by atoms with Crippen LogP contribution in [0.5, 0.6) is 0 Å². The van der Waals surface area contributed by atoms with Crippen LogP contribution in [-0.4, -0.2) is 62.8 Å². The normalized spacial score (nSPS) is 12.2. The number of esters is 3. The summed E-state index contributed by atoms with van der Waals surface area (Å²) in [5.74, 6) is 1.01. The van der Waals surface area contributed by atoms with E-state index in [0.717, 1.165) is 116 Å². The smallest absolute Gasteiger partial charge is 0.308 e. The lowest BCUT2D eigenvalue weighted by Gasteiger charge is -2.17. The molecule has 1 unspecified atom stereocenters. The molecule has 0 N–H and O–H groups in total. The minimum atomic E-state index is -0.000984. The number of ether oxygens (including phenoxy) is 3. The molecule has 0 aromatic rings. The number of hydrogen-bond donors (Lipinski definition) is 0. The van der Waals surface area contributed by atoms with Crippen molar-refractivity contribution in [1.82, 2.24) is 4.90 Å². The Kier molecular flexibility index (Phi) is 43.2. The molecule has 0 aromatic carbocycles. The standard InChI is InChI=1S/C52H101NO6/c1-7-12-26-35-47(36-27-13-8-2)45-50(54)57-42-32-24-20-17-16-18-22-30-39-49(52(56)59-44-34-41-53(6)11-5)40-31-23-19-21-25-33-43-58-51(55)46-48(37-28-14-9-3)38-29-15-10-4/h47-49H,7-46H2,1-6H3. The molecule has 0 aliphatic carbocycles. The Morgan fingerprint density at radius 3 is 1.07 bits per heavy atom. The SMILES string of the molecule is CCCCCC(CCCCC)CC(=O)OCCCCCCCCCCC(CCCCCCCCOC(=O)CC(CCCCC)CCCCC)C(=O)OCCCN(C)CC. The monoisotopic (exact) mass is 836 g/mol. The van der Waals surface area contributed by atoms with Gasteiger partial charge in [0.2, 0.25) is 0 Å². The molecule has 1 atom stereocenters. The molecular formula is C52H101NO6. The van der Waals surface area contributed by atoms with Crippen LogP contribution in [0.15, 0.2) is 0 Å². The molecule has 0 saturated heterocycles. The van der Waals surface area contributed by atoms with Crippen molar-refractivity contribution in [2.24, 2.45) is 17.8 Å². The molecule has 0 amide bonds. The largest absolute Gasteiger partial charge is 0.466 e. The molecule has 0 rings (SSSR count). The Bertz CT molecular complexity index is 907. The van der Waals surface area contributed by atoms with Crippen LogP contribution in [0.2, 0.25) is 0 Å². The third-order valence-corrected chi connectivity index (χ3v) is 12.5. The summed E-state index contributed by atoms with van der Waals surface area (Å²) in [4.78, 5) is 40.4. The van der Waals surface area contributed by atoms with Crippen LogP contribution >= 0.6 is 0 Å². The third kappa shape index (κ3) is 39.0. The van der Waals surface area contributed by atoms with Crippen LogP contribution in [0.3, 0.4) is 0 Å². The Hall–Kier alpha value is -1.63. The fraction of sp³-hybridized carbons (Fsp3) is 0.942. The van der Waals surface area contributed by atoms with Crippen molar-refractivity contribution in [3.05, 3.63) is 0 Å². The van der Waals surface area contributed by atoms with E-state index in [2.05, 4.69) is 46.6 Å². The summed E-state index contributed by atoms with van der Waals surface area (Å²) >= 11 is 0. The van der Waals surface area contributed by atoms with Gasteiger partial charge in [0.25, 0.3) is 0 Å². The predicted molar refractivity (Wildman–Crippen MR) is 251 cm³/mol. The Balaban J connectivity index is 4.31. The minimum Gasteiger partial charge on any atom is -0.466 e. The molecule has 7 nitrogen and oxygen atoms in total. The lowest BCUT2D eigenvalue weighted by molar-refractivity contribution is -0.149. The van der Waals surface area contributed by atoms with Gasteiger partial charge in [0.1, 0.15) is 0 Å². The van der Waals surface area contributed by atoms with Crippen molar-refractivity contribution >= 4 is 17.9 Å². The van der Waals surface area contributed by atoms with Gasteiger partial charge in [0, 0.05) is 19.4 Å². The van der Waals surface area contributed by atoms with E-state index in [-0.39, 0.29) is 23.8 Å². The van der Waals surface area contributed by atoms with E-state index in [4.69, 9.17) is 14.2 Å². The second-order valence-electron chi connectivity index (χ2n) is 18.2. The van der Waals surface area contributed by atoms with Gasteiger partial charge in [-0.15, -0.1) is 0 Å². The van der Waals surface area contributed by atoms with Gasteiger partial charge in [-0.2, -0.15) is 0 Å². The van der Waals surface area contributed by atoms with Gasteiger partial charge in [0.15, 0.2) is 0 Å². The number of nitrogens with zero attached hydrogens (tertiary/aromatic N) is 1. The number of unbranched alkanes of at least 4 members (excludes halogenated alkanes) is 20. The van der Waals surface area contributed by atoms with Crippen molar-refractivity contribution in [3.63, 3.8) is 0 Å². The van der Waals surface area contributed by atoms with Gasteiger partial charge >= 0.3 is 17.9 Å². The summed E-state index contributed by atoms with van der Waals surface area (Å²) < 4.78 is 17.1. The van der Waals surface area contributed by atoms with Crippen molar-refractivity contribution < 1.29 is 28.6 Å². The molecular weight excluding hydrogens is 735 g/mol. The molecule has 59 heavy (non-hydrogen) atoms. The van der Waals surface area contributed by atoms with E-state index in [1.807, 2.05) is 0 Å². The van der Waals surface area contributed by atoms with Gasteiger partial charge in [-0.05, 0) is 83.2 Å². The van der Waals surface area contributed by atoms with Crippen molar-refractivity contribution in [3.8, 4) is 0 Å². The van der Waals surface area contributed by atoms with Crippen molar-refractivity contribution in [2.45, 2.75) is 259 Å². The fourth-order valence-corrected chi connectivity index (χ4v) is 8.31. The Morgan fingerprint density at radius 2 is 0.712 bits per heavy atom. The highest BCUT2D eigenvalue weighted by Crippen LogP contribution is 2.24. The van der Waals surface area contributed by atoms with Crippen LogP contribution in [0.1, 0.15) is 259 Å². The van der Waals surface area contributed by atoms with E-state index < -0.39 is 0 Å². The van der Waals surface area contributed by atoms with Gasteiger partial charge in [0.05, 0.1) is 25.7 Å². The number of carbonyl (C=O) groups excluding carboxylic acids is 3. The average molecular weight is 836 g/mol. The lowest BCUT2D eigenvalue weighted by atomic mass is 9.92.